The van der Waals surface area contributed by atoms with Crippen molar-refractivity contribution in [2.75, 3.05) is 12.4 Å². The predicted molar refractivity (Wildman–Crippen MR) is 89.9 cm³/mol. The van der Waals surface area contributed by atoms with Crippen LogP contribution < -0.4 is 10.1 Å². The van der Waals surface area contributed by atoms with Gasteiger partial charge in [0.1, 0.15) is 11.6 Å². The highest BCUT2D eigenvalue weighted by molar-refractivity contribution is 6.05. The largest absolute Gasteiger partial charge is 0.479 e. The molecule has 2 aromatic carbocycles. The Hall–Kier alpha value is -3.09. The minimum Gasteiger partial charge on any atom is -0.479 e. The van der Waals surface area contributed by atoms with E-state index in [2.05, 4.69) is 15.3 Å². The van der Waals surface area contributed by atoms with Crippen LogP contribution in [0.3, 0.4) is 0 Å². The molecule has 3 aromatic rings. The lowest BCUT2D eigenvalue weighted by molar-refractivity contribution is 0.101. The zero-order valence-corrected chi connectivity index (χ0v) is 13.9. The number of halogens is 2. The van der Waals surface area contributed by atoms with Crippen molar-refractivity contribution < 1.29 is 18.3 Å². The van der Waals surface area contributed by atoms with Gasteiger partial charge < -0.3 is 10.1 Å². The first-order valence-corrected chi connectivity index (χ1v) is 7.48. The van der Waals surface area contributed by atoms with Crippen LogP contribution in [0.4, 0.5) is 14.5 Å². The number of carbonyl (C=O) groups is 1. The Morgan fingerprint density at radius 1 is 1.04 bits per heavy atom. The van der Waals surface area contributed by atoms with Gasteiger partial charge in [-0.15, -0.1) is 0 Å². The minimum absolute atomic E-state index is 0.00469. The molecule has 1 amide bonds. The summed E-state index contributed by atoms with van der Waals surface area (Å²) in [5, 5.41) is 2.30. The standard InChI is InChI=1S/C18H15F2N3O2/c1-9-6-14-15(7-10(9)2)23-18(25-3)16(21-14)17(24)22-13-8-11(19)4-5-12(13)20/h4-8H,1-3H3,(H,22,24). The predicted octanol–water partition coefficient (Wildman–Crippen LogP) is 3.79. The summed E-state index contributed by atoms with van der Waals surface area (Å²) in [5.74, 6) is -2.16. The number of aromatic nitrogens is 2. The summed E-state index contributed by atoms with van der Waals surface area (Å²) < 4.78 is 32.1. The second-order valence-electron chi connectivity index (χ2n) is 5.58. The lowest BCUT2D eigenvalue weighted by atomic mass is 10.1. The fourth-order valence-electron chi connectivity index (χ4n) is 2.36. The van der Waals surface area contributed by atoms with E-state index in [9.17, 15) is 13.6 Å². The molecule has 0 saturated carbocycles. The third-order valence-electron chi connectivity index (χ3n) is 3.83. The van der Waals surface area contributed by atoms with Crippen LogP contribution >= 0.6 is 0 Å². The van der Waals surface area contributed by atoms with Gasteiger partial charge in [-0.25, -0.2) is 18.7 Å². The molecule has 0 fully saturated rings. The smallest absolute Gasteiger partial charge is 0.280 e. The molecule has 0 bridgehead atoms. The van der Waals surface area contributed by atoms with Crippen LogP contribution in [0.2, 0.25) is 0 Å². The minimum atomic E-state index is -0.756. The average Bonchev–Trinajstić information content (AvgIpc) is 2.58. The fraction of sp³-hybridized carbons (Fsp3) is 0.167. The summed E-state index contributed by atoms with van der Waals surface area (Å²) >= 11 is 0. The summed E-state index contributed by atoms with van der Waals surface area (Å²) in [6.45, 7) is 3.86. The highest BCUT2D eigenvalue weighted by Gasteiger charge is 2.19. The van der Waals surface area contributed by atoms with Crippen LogP contribution in [0.1, 0.15) is 21.6 Å². The molecule has 25 heavy (non-hydrogen) atoms. The number of hydrogen-bond acceptors (Lipinski definition) is 4. The second kappa shape index (κ2) is 6.43. The third-order valence-corrected chi connectivity index (χ3v) is 3.83. The zero-order valence-electron chi connectivity index (χ0n) is 13.9. The van der Waals surface area contributed by atoms with E-state index in [-0.39, 0.29) is 17.3 Å². The summed E-state index contributed by atoms with van der Waals surface area (Å²) in [6, 6.07) is 6.43. The number of nitrogens with one attached hydrogen (secondary N) is 1. The van der Waals surface area contributed by atoms with Crippen LogP contribution in [-0.2, 0) is 0 Å². The van der Waals surface area contributed by atoms with Gasteiger partial charge >= 0.3 is 0 Å². The van der Waals surface area contributed by atoms with Crippen LogP contribution in [-0.4, -0.2) is 23.0 Å². The van der Waals surface area contributed by atoms with Gasteiger partial charge in [-0.1, -0.05) is 0 Å². The first kappa shape index (κ1) is 16.8. The molecule has 0 atom stereocenters. The Morgan fingerprint density at radius 2 is 1.68 bits per heavy atom. The lowest BCUT2D eigenvalue weighted by Gasteiger charge is -2.11. The van der Waals surface area contributed by atoms with E-state index in [4.69, 9.17) is 4.74 Å². The van der Waals surface area contributed by atoms with E-state index in [1.165, 1.54) is 7.11 Å². The average molecular weight is 343 g/mol. The maximum absolute atomic E-state index is 13.7. The number of aryl methyl sites for hydroxylation is 2. The molecule has 0 aliphatic heterocycles. The van der Waals surface area contributed by atoms with E-state index in [1.807, 2.05) is 19.9 Å². The van der Waals surface area contributed by atoms with Gasteiger partial charge in [0.05, 0.1) is 23.8 Å². The number of benzene rings is 2. The molecule has 128 valence electrons. The molecule has 1 aromatic heterocycles. The van der Waals surface area contributed by atoms with E-state index in [1.54, 1.807) is 6.07 Å². The molecular formula is C18H15F2N3O2. The molecule has 1 N–H and O–H groups in total. The third kappa shape index (κ3) is 3.26. The maximum atomic E-state index is 13.7. The van der Waals surface area contributed by atoms with Crippen LogP contribution in [0.25, 0.3) is 11.0 Å². The monoisotopic (exact) mass is 343 g/mol. The van der Waals surface area contributed by atoms with Gasteiger partial charge in [-0.2, -0.15) is 0 Å². The number of fused-ring (bicyclic) bond motifs is 1. The number of nitrogens with zero attached hydrogens (tertiary/aromatic N) is 2. The van der Waals surface area contributed by atoms with E-state index >= 15 is 0 Å². The van der Waals surface area contributed by atoms with Gasteiger partial charge in [0.25, 0.3) is 5.91 Å². The molecule has 0 radical (unpaired) electrons. The molecule has 3 rings (SSSR count). The van der Waals surface area contributed by atoms with Gasteiger partial charge in [0, 0.05) is 6.07 Å². The maximum Gasteiger partial charge on any atom is 0.280 e. The van der Waals surface area contributed by atoms with E-state index in [0.29, 0.717) is 11.0 Å². The van der Waals surface area contributed by atoms with Gasteiger partial charge in [-0.3, -0.25) is 4.79 Å². The first-order valence-electron chi connectivity index (χ1n) is 7.48. The summed E-state index contributed by atoms with van der Waals surface area (Å²) in [5.41, 5.74) is 2.72. The number of ether oxygens (including phenoxy) is 1. The van der Waals surface area contributed by atoms with Crippen molar-refractivity contribution in [1.29, 1.82) is 0 Å². The Labute approximate surface area is 142 Å². The number of methoxy groups -OCH3 is 1. The number of carbonyl (C=O) groups excluding carboxylic acids is 1. The molecule has 0 saturated heterocycles. The van der Waals surface area contributed by atoms with Crippen molar-refractivity contribution in [2.24, 2.45) is 0 Å². The van der Waals surface area contributed by atoms with Crippen molar-refractivity contribution >= 4 is 22.6 Å². The Morgan fingerprint density at radius 3 is 2.32 bits per heavy atom. The quantitative estimate of drug-likeness (QED) is 0.786. The first-order chi connectivity index (χ1) is 11.9. The summed E-state index contributed by atoms with van der Waals surface area (Å²) in [7, 11) is 1.36. The van der Waals surface area contributed by atoms with Crippen LogP contribution in [0.5, 0.6) is 5.88 Å². The molecule has 5 nitrogen and oxygen atoms in total. The number of hydrogen-bond donors (Lipinski definition) is 1. The summed E-state index contributed by atoms with van der Waals surface area (Å²) in [4.78, 5) is 21.0. The van der Waals surface area contributed by atoms with Gasteiger partial charge in [0.15, 0.2) is 5.69 Å². The molecule has 1 heterocycles. The van der Waals surface area contributed by atoms with Crippen molar-refractivity contribution in [2.45, 2.75) is 13.8 Å². The van der Waals surface area contributed by atoms with E-state index in [0.717, 1.165) is 29.3 Å². The van der Waals surface area contributed by atoms with Crippen LogP contribution in [0, 0.1) is 25.5 Å². The van der Waals surface area contributed by atoms with Gasteiger partial charge in [0.2, 0.25) is 5.88 Å². The molecule has 7 heteroatoms. The van der Waals surface area contributed by atoms with Crippen molar-refractivity contribution in [1.82, 2.24) is 9.97 Å². The Bertz CT molecular complexity index is 990. The molecule has 0 aliphatic rings. The van der Waals surface area contributed by atoms with E-state index < -0.39 is 17.5 Å². The Balaban J connectivity index is 2.05. The number of rotatable bonds is 3. The van der Waals surface area contributed by atoms with Gasteiger partial charge in [-0.05, 0) is 49.2 Å². The SMILES string of the molecule is COc1nc2cc(C)c(C)cc2nc1C(=O)Nc1cc(F)ccc1F. The second-order valence-corrected chi connectivity index (χ2v) is 5.58. The highest BCUT2D eigenvalue weighted by atomic mass is 19.1. The molecular weight excluding hydrogens is 328 g/mol. The summed E-state index contributed by atoms with van der Waals surface area (Å²) in [6.07, 6.45) is 0. The van der Waals surface area contributed by atoms with Crippen molar-refractivity contribution in [3.63, 3.8) is 0 Å². The lowest BCUT2D eigenvalue weighted by Crippen LogP contribution is -2.17. The normalized spacial score (nSPS) is 10.8. The topological polar surface area (TPSA) is 64.1 Å². The number of anilines is 1. The molecule has 0 spiro atoms. The van der Waals surface area contributed by atoms with Crippen LogP contribution in [0.15, 0.2) is 30.3 Å². The molecule has 0 aliphatic carbocycles. The van der Waals surface area contributed by atoms with Crippen molar-refractivity contribution in [3.8, 4) is 5.88 Å². The highest BCUT2D eigenvalue weighted by Crippen LogP contribution is 2.23. The Kier molecular flexibility index (Phi) is 4.31. The molecule has 0 unspecified atom stereocenters. The zero-order chi connectivity index (χ0) is 18.1. The number of amides is 1. The fourth-order valence-corrected chi connectivity index (χ4v) is 2.36. The van der Waals surface area contributed by atoms with Crippen molar-refractivity contribution in [3.05, 3.63) is 58.8 Å².